The fraction of sp³-hybridized carbons (Fsp3) is 0.278. The maximum atomic E-state index is 12.4. The van der Waals surface area contributed by atoms with Crippen molar-refractivity contribution in [3.8, 4) is 0 Å². The van der Waals surface area contributed by atoms with Crippen molar-refractivity contribution in [3.63, 3.8) is 0 Å². The fourth-order valence-corrected chi connectivity index (χ4v) is 2.45. The second-order valence-electron chi connectivity index (χ2n) is 6.01. The van der Waals surface area contributed by atoms with Crippen molar-refractivity contribution < 1.29 is 14.0 Å². The quantitative estimate of drug-likeness (QED) is 0.576. The van der Waals surface area contributed by atoms with Crippen LogP contribution in [0.4, 0.5) is 0 Å². The summed E-state index contributed by atoms with van der Waals surface area (Å²) in [5, 5.41) is 7.16. The molecule has 138 valence electrons. The van der Waals surface area contributed by atoms with E-state index in [-0.39, 0.29) is 10.9 Å². The van der Waals surface area contributed by atoms with Crippen molar-refractivity contribution in [1.82, 2.24) is 10.7 Å². The second kappa shape index (κ2) is 8.87. The minimum Gasteiger partial charge on any atom is -0.460 e. The number of aryl methyl sites for hydroxylation is 1. The largest absolute Gasteiger partial charge is 0.460 e. The van der Waals surface area contributed by atoms with Crippen LogP contribution in [0.25, 0.3) is 0 Å². The molecule has 0 aliphatic rings. The van der Waals surface area contributed by atoms with E-state index in [2.05, 4.69) is 15.8 Å². The summed E-state index contributed by atoms with van der Waals surface area (Å²) in [6, 6.07) is 7.27. The van der Waals surface area contributed by atoms with Gasteiger partial charge in [0.05, 0.1) is 16.3 Å². The molecule has 0 fully saturated rings. The van der Waals surface area contributed by atoms with Gasteiger partial charge in [0.25, 0.3) is 11.8 Å². The molecule has 0 saturated heterocycles. The number of benzene rings is 1. The molecule has 26 heavy (non-hydrogen) atoms. The first kappa shape index (κ1) is 20.0. The highest BCUT2D eigenvalue weighted by Gasteiger charge is 2.24. The molecule has 0 saturated carbocycles. The van der Waals surface area contributed by atoms with Crippen LogP contribution in [0.3, 0.4) is 0 Å². The molecule has 1 aromatic carbocycles. The number of nitrogens with zero attached hydrogens (tertiary/aromatic N) is 1. The molecular formula is C18H19Cl2N3O3. The van der Waals surface area contributed by atoms with E-state index in [1.807, 2.05) is 20.8 Å². The Morgan fingerprint density at radius 2 is 1.88 bits per heavy atom. The Kier molecular flexibility index (Phi) is 6.83. The van der Waals surface area contributed by atoms with Gasteiger partial charge in [-0.3, -0.25) is 9.59 Å². The van der Waals surface area contributed by atoms with E-state index in [0.717, 1.165) is 5.76 Å². The van der Waals surface area contributed by atoms with Gasteiger partial charge in [0, 0.05) is 5.56 Å². The smallest absolute Gasteiger partial charge is 0.262 e. The number of halogens is 2. The van der Waals surface area contributed by atoms with Crippen LogP contribution in [0, 0.1) is 12.8 Å². The molecule has 2 aromatic rings. The maximum absolute atomic E-state index is 12.4. The number of nitrogens with one attached hydrogen (secondary N) is 2. The van der Waals surface area contributed by atoms with E-state index in [0.29, 0.717) is 16.3 Å². The van der Waals surface area contributed by atoms with E-state index in [4.69, 9.17) is 27.6 Å². The van der Waals surface area contributed by atoms with E-state index >= 15 is 0 Å². The Hall–Kier alpha value is -2.31. The van der Waals surface area contributed by atoms with Crippen molar-refractivity contribution in [2.24, 2.45) is 11.0 Å². The molecule has 1 aromatic heterocycles. The maximum Gasteiger partial charge on any atom is 0.262 e. The first-order valence-corrected chi connectivity index (χ1v) is 8.68. The molecule has 2 amide bonds. The summed E-state index contributed by atoms with van der Waals surface area (Å²) < 4.78 is 5.32. The lowest BCUT2D eigenvalue weighted by Gasteiger charge is -2.20. The van der Waals surface area contributed by atoms with E-state index in [1.165, 1.54) is 24.4 Å². The molecule has 0 spiro atoms. The first-order chi connectivity index (χ1) is 12.3. The Bertz CT molecular complexity index is 831. The summed E-state index contributed by atoms with van der Waals surface area (Å²) in [6.07, 6.45) is 1.39. The molecule has 2 rings (SSSR count). The zero-order valence-corrected chi connectivity index (χ0v) is 16.1. The molecule has 0 bridgehead atoms. The fourth-order valence-electron chi connectivity index (χ4n) is 2.15. The van der Waals surface area contributed by atoms with Gasteiger partial charge in [-0.15, -0.1) is 0 Å². The SMILES string of the molecule is Cc1ccc(/C=N\NC(=O)C(NC(=O)c2ccc(Cl)c(Cl)c2)C(C)C)o1. The third-order valence-corrected chi connectivity index (χ3v) is 4.28. The van der Waals surface area contributed by atoms with E-state index < -0.39 is 17.9 Å². The van der Waals surface area contributed by atoms with Crippen LogP contribution in [0.5, 0.6) is 0 Å². The number of carbonyl (C=O) groups excluding carboxylic acids is 2. The average molecular weight is 396 g/mol. The summed E-state index contributed by atoms with van der Waals surface area (Å²) in [4.78, 5) is 24.7. The Balaban J connectivity index is 2.02. The van der Waals surface area contributed by atoms with Gasteiger partial charge in [-0.25, -0.2) is 5.43 Å². The number of hydrogen-bond acceptors (Lipinski definition) is 4. The standard InChI is InChI=1S/C18H19Cl2N3O3/c1-10(2)16(18(25)23-21-9-13-6-4-11(3)26-13)22-17(24)12-5-7-14(19)15(20)8-12/h4-10,16H,1-3H3,(H,22,24)(H,23,25)/b21-9-. The Morgan fingerprint density at radius 1 is 1.15 bits per heavy atom. The van der Waals surface area contributed by atoms with Gasteiger partial charge in [-0.1, -0.05) is 37.0 Å². The van der Waals surface area contributed by atoms with Gasteiger partial charge in [-0.05, 0) is 43.2 Å². The van der Waals surface area contributed by atoms with Crippen LogP contribution in [-0.2, 0) is 4.79 Å². The summed E-state index contributed by atoms with van der Waals surface area (Å²) in [5.41, 5.74) is 2.72. The van der Waals surface area contributed by atoms with Crippen LogP contribution in [0.1, 0.15) is 35.7 Å². The number of amides is 2. The number of hydrazone groups is 1. The molecule has 1 heterocycles. The van der Waals surface area contributed by atoms with Crippen molar-refractivity contribution in [2.45, 2.75) is 26.8 Å². The van der Waals surface area contributed by atoms with Gasteiger partial charge in [0.1, 0.15) is 17.6 Å². The first-order valence-electron chi connectivity index (χ1n) is 7.93. The topological polar surface area (TPSA) is 83.7 Å². The molecule has 6 nitrogen and oxygen atoms in total. The minimum atomic E-state index is -0.771. The van der Waals surface area contributed by atoms with Gasteiger partial charge in [-0.2, -0.15) is 5.10 Å². The molecule has 1 atom stereocenters. The van der Waals surface area contributed by atoms with Gasteiger partial charge < -0.3 is 9.73 Å². The van der Waals surface area contributed by atoms with E-state index in [1.54, 1.807) is 12.1 Å². The molecule has 1 unspecified atom stereocenters. The predicted molar refractivity (Wildman–Crippen MR) is 102 cm³/mol. The zero-order chi connectivity index (χ0) is 19.3. The summed E-state index contributed by atoms with van der Waals surface area (Å²) in [6.45, 7) is 5.45. The van der Waals surface area contributed by atoms with Gasteiger partial charge >= 0.3 is 0 Å². The Labute approximate surface area is 161 Å². The minimum absolute atomic E-state index is 0.150. The van der Waals surface area contributed by atoms with Crippen molar-refractivity contribution >= 4 is 41.2 Å². The Morgan fingerprint density at radius 3 is 2.46 bits per heavy atom. The number of rotatable bonds is 6. The number of hydrogen-bond donors (Lipinski definition) is 2. The van der Waals surface area contributed by atoms with Crippen LogP contribution in [-0.4, -0.2) is 24.1 Å². The summed E-state index contributed by atoms with van der Waals surface area (Å²) in [5.74, 6) is 0.245. The summed E-state index contributed by atoms with van der Waals surface area (Å²) in [7, 11) is 0. The monoisotopic (exact) mass is 395 g/mol. The van der Waals surface area contributed by atoms with Gasteiger partial charge in [0.15, 0.2) is 0 Å². The lowest BCUT2D eigenvalue weighted by Crippen LogP contribution is -2.48. The molecular weight excluding hydrogens is 377 g/mol. The molecule has 0 aliphatic heterocycles. The highest BCUT2D eigenvalue weighted by atomic mass is 35.5. The number of furan rings is 1. The summed E-state index contributed by atoms with van der Waals surface area (Å²) >= 11 is 11.8. The van der Waals surface area contributed by atoms with Crippen LogP contribution in [0.15, 0.2) is 39.9 Å². The van der Waals surface area contributed by atoms with Gasteiger partial charge in [0.2, 0.25) is 0 Å². The highest BCUT2D eigenvalue weighted by molar-refractivity contribution is 6.42. The normalized spacial score (nSPS) is 12.4. The molecule has 0 aliphatic carbocycles. The molecule has 0 radical (unpaired) electrons. The van der Waals surface area contributed by atoms with Crippen molar-refractivity contribution in [1.29, 1.82) is 0 Å². The third kappa shape index (κ3) is 5.34. The second-order valence-corrected chi connectivity index (χ2v) is 6.82. The third-order valence-electron chi connectivity index (χ3n) is 3.55. The lowest BCUT2D eigenvalue weighted by molar-refractivity contribution is -0.123. The van der Waals surface area contributed by atoms with Crippen LogP contribution < -0.4 is 10.7 Å². The van der Waals surface area contributed by atoms with Crippen molar-refractivity contribution in [2.75, 3.05) is 0 Å². The average Bonchev–Trinajstić information content (AvgIpc) is 2.99. The zero-order valence-electron chi connectivity index (χ0n) is 14.5. The lowest BCUT2D eigenvalue weighted by atomic mass is 10.0. The van der Waals surface area contributed by atoms with E-state index in [9.17, 15) is 9.59 Å². The van der Waals surface area contributed by atoms with Crippen molar-refractivity contribution in [3.05, 3.63) is 57.5 Å². The number of carbonyl (C=O) groups is 2. The molecule has 2 N–H and O–H groups in total. The highest BCUT2D eigenvalue weighted by Crippen LogP contribution is 2.22. The van der Waals surface area contributed by atoms with Crippen LogP contribution >= 0.6 is 23.2 Å². The molecule has 8 heteroatoms. The predicted octanol–water partition coefficient (Wildman–Crippen LogP) is 3.80. The van der Waals surface area contributed by atoms with Crippen LogP contribution in [0.2, 0.25) is 10.0 Å².